The minimum atomic E-state index is -0.111. The van der Waals surface area contributed by atoms with Gasteiger partial charge in [-0.3, -0.25) is 9.69 Å². The Morgan fingerprint density at radius 1 is 1.61 bits per heavy atom. The van der Waals surface area contributed by atoms with E-state index in [1.165, 1.54) is 7.11 Å². The minimum absolute atomic E-state index is 0.0875. The van der Waals surface area contributed by atoms with E-state index in [0.29, 0.717) is 0 Å². The van der Waals surface area contributed by atoms with E-state index in [0.717, 1.165) is 49.5 Å². The van der Waals surface area contributed by atoms with Gasteiger partial charge in [0.25, 0.3) is 0 Å². The smallest absolute Gasteiger partial charge is 0.323 e. The molecular weight excluding hydrogens is 248 g/mol. The summed E-state index contributed by atoms with van der Waals surface area (Å²) in [4.78, 5) is 18.5. The Balaban J connectivity index is 2.02. The van der Waals surface area contributed by atoms with Crippen LogP contribution in [-0.2, 0) is 22.5 Å². The number of carbonyl (C=O) groups excluding carboxylic acids is 1. The number of aromatic nitrogens is 1. The Bertz CT molecular complexity index is 405. The van der Waals surface area contributed by atoms with Crippen LogP contribution in [0.2, 0.25) is 0 Å². The fraction of sp³-hybridized carbons (Fsp3) is 0.692. The van der Waals surface area contributed by atoms with E-state index in [1.54, 1.807) is 11.3 Å². The number of thiazole rings is 1. The van der Waals surface area contributed by atoms with Crippen LogP contribution in [0.25, 0.3) is 0 Å². The lowest BCUT2D eigenvalue weighted by Crippen LogP contribution is -2.44. The highest BCUT2D eigenvalue weighted by molar-refractivity contribution is 7.09. The average Bonchev–Trinajstić information content (AvgIpc) is 2.86. The maximum Gasteiger partial charge on any atom is 0.323 e. The first-order chi connectivity index (χ1) is 8.74. The van der Waals surface area contributed by atoms with Crippen molar-refractivity contribution in [2.24, 2.45) is 0 Å². The van der Waals surface area contributed by atoms with E-state index >= 15 is 0 Å². The second kappa shape index (κ2) is 6.29. The zero-order chi connectivity index (χ0) is 13.0. The maximum atomic E-state index is 11.7. The second-order valence-electron chi connectivity index (χ2n) is 4.59. The number of methoxy groups -OCH3 is 1. The predicted octanol–water partition coefficient (Wildman–Crippen LogP) is 2.23. The maximum absolute atomic E-state index is 11.7. The van der Waals surface area contributed by atoms with Gasteiger partial charge < -0.3 is 4.74 Å². The zero-order valence-corrected chi connectivity index (χ0v) is 11.8. The summed E-state index contributed by atoms with van der Waals surface area (Å²) >= 11 is 1.70. The number of piperidine rings is 1. The third kappa shape index (κ3) is 3.09. The number of hydrogen-bond donors (Lipinski definition) is 0. The van der Waals surface area contributed by atoms with Crippen molar-refractivity contribution in [2.75, 3.05) is 13.7 Å². The number of carbonyl (C=O) groups is 1. The molecule has 1 saturated heterocycles. The highest BCUT2D eigenvalue weighted by Gasteiger charge is 2.29. The van der Waals surface area contributed by atoms with Crippen LogP contribution in [0.5, 0.6) is 0 Å². The summed E-state index contributed by atoms with van der Waals surface area (Å²) in [5, 5.41) is 3.26. The molecule has 0 amide bonds. The Morgan fingerprint density at radius 2 is 2.44 bits per heavy atom. The van der Waals surface area contributed by atoms with E-state index in [1.807, 2.05) is 0 Å². The summed E-state index contributed by atoms with van der Waals surface area (Å²) in [5.41, 5.74) is 1.08. The summed E-state index contributed by atoms with van der Waals surface area (Å²) in [6.07, 6.45) is 4.13. The normalized spacial score (nSPS) is 20.9. The van der Waals surface area contributed by atoms with Gasteiger partial charge in [0.1, 0.15) is 6.04 Å². The van der Waals surface area contributed by atoms with E-state index in [4.69, 9.17) is 4.74 Å². The van der Waals surface area contributed by atoms with Gasteiger partial charge in [0.05, 0.1) is 17.8 Å². The molecular formula is C13H20N2O2S. The van der Waals surface area contributed by atoms with Gasteiger partial charge in [-0.05, 0) is 25.8 Å². The Kier molecular flexibility index (Phi) is 4.72. The third-order valence-corrected chi connectivity index (χ3v) is 4.40. The molecule has 2 rings (SSSR count). The zero-order valence-electron chi connectivity index (χ0n) is 11.0. The van der Waals surface area contributed by atoms with Crippen LogP contribution in [0.3, 0.4) is 0 Å². The topological polar surface area (TPSA) is 42.4 Å². The first-order valence-corrected chi connectivity index (χ1v) is 7.37. The first-order valence-electron chi connectivity index (χ1n) is 6.49. The molecule has 0 unspecified atom stereocenters. The Hall–Kier alpha value is -0.940. The number of nitrogens with zero attached hydrogens (tertiary/aromatic N) is 2. The molecule has 0 spiro atoms. The lowest BCUT2D eigenvalue weighted by atomic mass is 10.0. The highest BCUT2D eigenvalue weighted by atomic mass is 32.1. The second-order valence-corrected chi connectivity index (χ2v) is 5.53. The molecule has 100 valence electrons. The van der Waals surface area contributed by atoms with Crippen LogP contribution < -0.4 is 0 Å². The van der Waals surface area contributed by atoms with Crippen LogP contribution in [0.15, 0.2) is 5.38 Å². The van der Waals surface area contributed by atoms with Gasteiger partial charge in [-0.15, -0.1) is 11.3 Å². The first kappa shape index (κ1) is 13.5. The monoisotopic (exact) mass is 268 g/mol. The molecule has 0 aromatic carbocycles. The van der Waals surface area contributed by atoms with Crippen LogP contribution in [0.1, 0.15) is 36.9 Å². The SMILES string of the molecule is CCc1nc(CN2CCCC[C@@H]2C(=O)OC)cs1. The van der Waals surface area contributed by atoms with Gasteiger partial charge in [-0.25, -0.2) is 4.98 Å². The summed E-state index contributed by atoms with van der Waals surface area (Å²) in [5.74, 6) is -0.111. The van der Waals surface area contributed by atoms with Gasteiger partial charge in [-0.1, -0.05) is 13.3 Å². The van der Waals surface area contributed by atoms with Crippen LogP contribution in [0, 0.1) is 0 Å². The van der Waals surface area contributed by atoms with Crippen molar-refractivity contribution in [1.82, 2.24) is 9.88 Å². The lowest BCUT2D eigenvalue weighted by Gasteiger charge is -2.33. The Labute approximate surface area is 112 Å². The number of ether oxygens (including phenoxy) is 1. The number of rotatable bonds is 4. The molecule has 1 atom stereocenters. The molecule has 0 saturated carbocycles. The number of esters is 1. The van der Waals surface area contributed by atoms with Crippen molar-refractivity contribution in [1.29, 1.82) is 0 Å². The molecule has 1 aliphatic heterocycles. The molecule has 0 radical (unpaired) electrons. The van der Waals surface area contributed by atoms with Gasteiger partial charge in [0.15, 0.2) is 0 Å². The fourth-order valence-electron chi connectivity index (χ4n) is 2.38. The summed E-state index contributed by atoms with van der Waals surface area (Å²) in [7, 11) is 1.47. The lowest BCUT2D eigenvalue weighted by molar-refractivity contribution is -0.148. The molecule has 0 N–H and O–H groups in total. The van der Waals surface area contributed by atoms with Crippen LogP contribution in [-0.4, -0.2) is 35.5 Å². The third-order valence-electron chi connectivity index (χ3n) is 3.35. The van der Waals surface area contributed by atoms with Gasteiger partial charge in [-0.2, -0.15) is 0 Å². The number of likely N-dealkylation sites (tertiary alicyclic amines) is 1. The van der Waals surface area contributed by atoms with Gasteiger partial charge >= 0.3 is 5.97 Å². The standard InChI is InChI=1S/C13H20N2O2S/c1-3-12-14-10(9-18-12)8-15-7-5-4-6-11(15)13(16)17-2/h9,11H,3-8H2,1-2H3/t11-/m1/s1. The van der Waals surface area contributed by atoms with Crippen molar-refractivity contribution in [3.63, 3.8) is 0 Å². The van der Waals surface area contributed by atoms with Crippen LogP contribution >= 0.6 is 11.3 Å². The largest absolute Gasteiger partial charge is 0.468 e. The van der Waals surface area contributed by atoms with Gasteiger partial charge in [0, 0.05) is 11.9 Å². The molecule has 4 nitrogen and oxygen atoms in total. The van der Waals surface area contributed by atoms with Crippen molar-refractivity contribution < 1.29 is 9.53 Å². The predicted molar refractivity (Wildman–Crippen MR) is 71.6 cm³/mol. The van der Waals surface area contributed by atoms with Crippen molar-refractivity contribution in [2.45, 2.75) is 45.2 Å². The van der Waals surface area contributed by atoms with E-state index < -0.39 is 0 Å². The van der Waals surface area contributed by atoms with E-state index in [9.17, 15) is 4.79 Å². The number of aryl methyl sites for hydroxylation is 1. The fourth-order valence-corrected chi connectivity index (χ4v) is 3.11. The summed E-state index contributed by atoms with van der Waals surface area (Å²) in [6.45, 7) is 3.83. The molecule has 0 aliphatic carbocycles. The molecule has 1 aliphatic rings. The van der Waals surface area contributed by atoms with E-state index in [-0.39, 0.29) is 12.0 Å². The van der Waals surface area contributed by atoms with Crippen molar-refractivity contribution >= 4 is 17.3 Å². The molecule has 1 fully saturated rings. The molecule has 18 heavy (non-hydrogen) atoms. The number of hydrogen-bond acceptors (Lipinski definition) is 5. The van der Waals surface area contributed by atoms with E-state index in [2.05, 4.69) is 22.2 Å². The molecule has 1 aromatic rings. The minimum Gasteiger partial charge on any atom is -0.468 e. The van der Waals surface area contributed by atoms with Crippen molar-refractivity contribution in [3.05, 3.63) is 16.1 Å². The molecule has 1 aromatic heterocycles. The average molecular weight is 268 g/mol. The highest BCUT2D eigenvalue weighted by Crippen LogP contribution is 2.21. The molecule has 2 heterocycles. The van der Waals surface area contributed by atoms with Crippen molar-refractivity contribution in [3.8, 4) is 0 Å². The van der Waals surface area contributed by atoms with Gasteiger partial charge in [0.2, 0.25) is 0 Å². The summed E-state index contributed by atoms with van der Waals surface area (Å²) < 4.78 is 4.89. The quantitative estimate of drug-likeness (QED) is 0.785. The Morgan fingerprint density at radius 3 is 3.11 bits per heavy atom. The van der Waals surface area contributed by atoms with Crippen LogP contribution in [0.4, 0.5) is 0 Å². The summed E-state index contributed by atoms with van der Waals surface area (Å²) in [6, 6.07) is -0.0875. The molecule has 0 bridgehead atoms. The molecule has 5 heteroatoms.